The van der Waals surface area contributed by atoms with E-state index >= 15 is 0 Å². The molecule has 21 heavy (non-hydrogen) atoms. The van der Waals surface area contributed by atoms with E-state index in [1.165, 1.54) is 7.11 Å². The molecule has 0 bridgehead atoms. The van der Waals surface area contributed by atoms with Crippen molar-refractivity contribution >= 4 is 23.5 Å². The van der Waals surface area contributed by atoms with Crippen LogP contribution >= 0.6 is 11.8 Å². The van der Waals surface area contributed by atoms with Gasteiger partial charge in [0.25, 0.3) is 0 Å². The maximum absolute atomic E-state index is 11.5. The Morgan fingerprint density at radius 3 is 2.71 bits per heavy atom. The average Bonchev–Trinajstić information content (AvgIpc) is 3.24. The monoisotopic (exact) mass is 309 g/mol. The van der Waals surface area contributed by atoms with Gasteiger partial charge >= 0.3 is 5.97 Å². The van der Waals surface area contributed by atoms with Crippen LogP contribution in [0, 0.1) is 5.41 Å². The predicted octanol–water partition coefficient (Wildman–Crippen LogP) is 3.08. The molecule has 1 saturated carbocycles. The van der Waals surface area contributed by atoms with Crippen molar-refractivity contribution in [2.24, 2.45) is 5.41 Å². The van der Waals surface area contributed by atoms with Crippen LogP contribution in [-0.4, -0.2) is 35.8 Å². The number of carbonyl (C=O) groups excluding carboxylic acids is 1. The van der Waals surface area contributed by atoms with Gasteiger partial charge in [-0.15, -0.1) is 11.8 Å². The number of aromatic nitrogens is 2. The van der Waals surface area contributed by atoms with Crippen LogP contribution in [0.15, 0.2) is 11.4 Å². The Hall–Kier alpha value is -1.30. The standard InChI is InChI=1S/C15H23N3O2S/c1-10(2)12-13(16-3)17-9-18-14(12)21-8-15(5-6-15)7-11(19)20-4/h9-10H,5-8H2,1-4H3,(H,16,17,18). The Labute approximate surface area is 130 Å². The lowest BCUT2D eigenvalue weighted by Gasteiger charge is -2.17. The van der Waals surface area contributed by atoms with Crippen molar-refractivity contribution in [1.82, 2.24) is 9.97 Å². The molecule has 0 atom stereocenters. The Kier molecular flexibility index (Phi) is 5.08. The lowest BCUT2D eigenvalue weighted by atomic mass is 10.1. The predicted molar refractivity (Wildman–Crippen MR) is 84.7 cm³/mol. The third-order valence-electron chi connectivity index (χ3n) is 3.88. The number of hydrogen-bond donors (Lipinski definition) is 1. The van der Waals surface area contributed by atoms with Crippen LogP contribution in [-0.2, 0) is 9.53 Å². The van der Waals surface area contributed by atoms with Gasteiger partial charge in [0.05, 0.1) is 13.5 Å². The molecule has 0 unspecified atom stereocenters. The highest BCUT2D eigenvalue weighted by Gasteiger charge is 2.44. The Balaban J connectivity index is 2.08. The van der Waals surface area contributed by atoms with Crippen LogP contribution in [0.4, 0.5) is 5.82 Å². The van der Waals surface area contributed by atoms with Gasteiger partial charge in [0.15, 0.2) is 0 Å². The molecule has 1 fully saturated rings. The molecule has 0 aromatic carbocycles. The number of nitrogens with zero attached hydrogens (tertiary/aromatic N) is 2. The number of anilines is 1. The lowest BCUT2D eigenvalue weighted by molar-refractivity contribution is -0.141. The zero-order valence-corrected chi connectivity index (χ0v) is 13.9. The molecule has 1 aliphatic rings. The van der Waals surface area contributed by atoms with Crippen molar-refractivity contribution in [1.29, 1.82) is 0 Å². The van der Waals surface area contributed by atoms with Crippen LogP contribution in [0.2, 0.25) is 0 Å². The molecule has 1 aromatic heterocycles. The van der Waals surface area contributed by atoms with Gasteiger partial charge in [-0.1, -0.05) is 13.8 Å². The molecule has 0 radical (unpaired) electrons. The molecule has 1 aromatic rings. The highest BCUT2D eigenvalue weighted by molar-refractivity contribution is 7.99. The maximum Gasteiger partial charge on any atom is 0.306 e. The van der Waals surface area contributed by atoms with Gasteiger partial charge < -0.3 is 10.1 Å². The summed E-state index contributed by atoms with van der Waals surface area (Å²) in [6, 6.07) is 0. The Morgan fingerprint density at radius 1 is 1.48 bits per heavy atom. The first-order chi connectivity index (χ1) is 10.0. The fourth-order valence-corrected chi connectivity index (χ4v) is 3.81. The number of thioether (sulfide) groups is 1. The van der Waals surface area contributed by atoms with Crippen molar-refractivity contribution in [2.75, 3.05) is 25.2 Å². The molecule has 6 heteroatoms. The van der Waals surface area contributed by atoms with Crippen LogP contribution in [0.3, 0.4) is 0 Å². The molecule has 5 nitrogen and oxygen atoms in total. The zero-order valence-electron chi connectivity index (χ0n) is 13.1. The van der Waals surface area contributed by atoms with Gasteiger partial charge in [-0.3, -0.25) is 4.79 Å². The summed E-state index contributed by atoms with van der Waals surface area (Å²) in [6.45, 7) is 4.29. The summed E-state index contributed by atoms with van der Waals surface area (Å²) in [5.41, 5.74) is 1.26. The number of ether oxygens (including phenoxy) is 1. The van der Waals surface area contributed by atoms with E-state index in [0.29, 0.717) is 12.3 Å². The minimum Gasteiger partial charge on any atom is -0.469 e. The molecule has 116 valence electrons. The van der Waals surface area contributed by atoms with Crippen LogP contribution < -0.4 is 5.32 Å². The van der Waals surface area contributed by atoms with Crippen molar-refractivity contribution < 1.29 is 9.53 Å². The third-order valence-corrected chi connectivity index (χ3v) is 5.24. The summed E-state index contributed by atoms with van der Waals surface area (Å²) < 4.78 is 4.79. The molecule has 0 spiro atoms. The largest absolute Gasteiger partial charge is 0.469 e. The van der Waals surface area contributed by atoms with E-state index in [9.17, 15) is 4.79 Å². The smallest absolute Gasteiger partial charge is 0.306 e. The Bertz CT molecular complexity index is 516. The maximum atomic E-state index is 11.5. The highest BCUT2D eigenvalue weighted by Crippen LogP contribution is 2.52. The second kappa shape index (κ2) is 6.64. The minimum absolute atomic E-state index is 0.108. The van der Waals surface area contributed by atoms with E-state index in [-0.39, 0.29) is 11.4 Å². The molecule has 0 amide bonds. The van der Waals surface area contributed by atoms with E-state index < -0.39 is 0 Å². The SMILES string of the molecule is CNc1ncnc(SCC2(CC(=O)OC)CC2)c1C(C)C. The second-order valence-electron chi connectivity index (χ2n) is 5.89. The number of carbonyl (C=O) groups is 1. The number of rotatable bonds is 7. The molecule has 0 saturated heterocycles. The third kappa shape index (κ3) is 3.87. The number of hydrogen-bond acceptors (Lipinski definition) is 6. The summed E-state index contributed by atoms with van der Waals surface area (Å²) in [5.74, 6) is 2.03. The molecule has 1 heterocycles. The molecule has 0 aliphatic heterocycles. The summed E-state index contributed by atoms with van der Waals surface area (Å²) in [5, 5.41) is 4.15. The zero-order chi connectivity index (χ0) is 15.5. The molecule has 1 aliphatic carbocycles. The summed E-state index contributed by atoms with van der Waals surface area (Å²) >= 11 is 1.73. The van der Waals surface area contributed by atoms with E-state index in [1.807, 2.05) is 7.05 Å². The van der Waals surface area contributed by atoms with Crippen molar-refractivity contribution in [3.05, 3.63) is 11.9 Å². The number of methoxy groups -OCH3 is 1. The fraction of sp³-hybridized carbons (Fsp3) is 0.667. The quantitative estimate of drug-likeness (QED) is 0.474. The summed E-state index contributed by atoms with van der Waals surface area (Å²) in [7, 11) is 3.33. The first-order valence-corrected chi connectivity index (χ1v) is 8.22. The average molecular weight is 309 g/mol. The van der Waals surface area contributed by atoms with Crippen molar-refractivity contribution in [2.45, 2.75) is 44.1 Å². The van der Waals surface area contributed by atoms with Crippen LogP contribution in [0.25, 0.3) is 0 Å². The first-order valence-electron chi connectivity index (χ1n) is 7.23. The van der Waals surface area contributed by atoms with Crippen LogP contribution in [0.1, 0.15) is 44.6 Å². The van der Waals surface area contributed by atoms with E-state index in [1.54, 1.807) is 18.1 Å². The van der Waals surface area contributed by atoms with Crippen molar-refractivity contribution in [3.8, 4) is 0 Å². The van der Waals surface area contributed by atoms with Gasteiger partial charge in [0.2, 0.25) is 0 Å². The van der Waals surface area contributed by atoms with E-state index in [2.05, 4.69) is 29.1 Å². The highest BCUT2D eigenvalue weighted by atomic mass is 32.2. The molecular weight excluding hydrogens is 286 g/mol. The van der Waals surface area contributed by atoms with Gasteiger partial charge in [0, 0.05) is 18.4 Å². The first kappa shape index (κ1) is 16.1. The Morgan fingerprint density at radius 2 is 2.19 bits per heavy atom. The molecule has 2 rings (SSSR count). The molecular formula is C15H23N3O2S. The van der Waals surface area contributed by atoms with E-state index in [0.717, 1.165) is 35.0 Å². The van der Waals surface area contributed by atoms with Crippen molar-refractivity contribution in [3.63, 3.8) is 0 Å². The summed E-state index contributed by atoms with van der Waals surface area (Å²) in [4.78, 5) is 20.2. The molecule has 1 N–H and O–H groups in total. The number of esters is 1. The number of nitrogens with one attached hydrogen (secondary N) is 1. The fourth-order valence-electron chi connectivity index (χ4n) is 2.36. The van der Waals surface area contributed by atoms with Gasteiger partial charge in [-0.2, -0.15) is 0 Å². The van der Waals surface area contributed by atoms with Gasteiger partial charge in [-0.05, 0) is 24.2 Å². The normalized spacial score (nSPS) is 15.9. The van der Waals surface area contributed by atoms with Gasteiger partial charge in [-0.25, -0.2) is 9.97 Å². The van der Waals surface area contributed by atoms with E-state index in [4.69, 9.17) is 4.74 Å². The van der Waals surface area contributed by atoms with Crippen LogP contribution in [0.5, 0.6) is 0 Å². The summed E-state index contributed by atoms with van der Waals surface area (Å²) in [6.07, 6.45) is 4.30. The van der Waals surface area contributed by atoms with Gasteiger partial charge in [0.1, 0.15) is 17.2 Å². The topological polar surface area (TPSA) is 64.1 Å². The minimum atomic E-state index is -0.115. The lowest BCUT2D eigenvalue weighted by Crippen LogP contribution is -2.13. The second-order valence-corrected chi connectivity index (χ2v) is 6.85.